The maximum Gasteiger partial charge on any atom is 0.269 e. The maximum absolute atomic E-state index is 13.8. The Hall–Kier alpha value is -5.12. The van der Waals surface area contributed by atoms with Crippen molar-refractivity contribution in [2.75, 3.05) is 5.73 Å². The molecule has 0 aliphatic heterocycles. The van der Waals surface area contributed by atoms with Crippen molar-refractivity contribution in [2.24, 2.45) is 0 Å². The van der Waals surface area contributed by atoms with E-state index in [1.54, 1.807) is 29.4 Å². The van der Waals surface area contributed by atoms with Gasteiger partial charge in [-0.15, -0.1) is 0 Å². The number of hydrogen-bond acceptors (Lipinski definition) is 5. The number of benzene rings is 4. The highest BCUT2D eigenvalue weighted by atomic mass is 19.1. The predicted molar refractivity (Wildman–Crippen MR) is 142 cm³/mol. The Labute approximate surface area is 215 Å². The zero-order valence-electron chi connectivity index (χ0n) is 20.0. The second-order valence-electron chi connectivity index (χ2n) is 8.61. The molecule has 190 valence electrons. The van der Waals surface area contributed by atoms with Gasteiger partial charge in [0.2, 0.25) is 0 Å². The molecule has 0 bridgehead atoms. The number of halogens is 2. The fraction of sp³-hybridized carbons (Fsp3) is 0.0714. The highest BCUT2D eigenvalue weighted by Crippen LogP contribution is 2.20. The van der Waals surface area contributed by atoms with Gasteiger partial charge in [-0.3, -0.25) is 10.1 Å². The van der Waals surface area contributed by atoms with Gasteiger partial charge in [0, 0.05) is 28.9 Å². The van der Waals surface area contributed by atoms with E-state index in [0.717, 1.165) is 34.2 Å². The molecule has 0 unspecified atom stereocenters. The summed E-state index contributed by atoms with van der Waals surface area (Å²) in [5.41, 5.74) is 10.5. The van der Waals surface area contributed by atoms with E-state index in [0.29, 0.717) is 17.8 Å². The minimum Gasteiger partial charge on any atom is -0.399 e. The highest BCUT2D eigenvalue weighted by molar-refractivity contribution is 5.75. The van der Waals surface area contributed by atoms with Crippen LogP contribution >= 0.6 is 0 Å². The van der Waals surface area contributed by atoms with Crippen LogP contribution in [0.1, 0.15) is 11.1 Å². The van der Waals surface area contributed by atoms with Crippen molar-refractivity contribution in [3.05, 3.63) is 130 Å². The van der Waals surface area contributed by atoms with E-state index in [-0.39, 0.29) is 23.6 Å². The molecule has 0 radical (unpaired) electrons. The SMILES string of the molecule is Nc1ccc(F)c(Cn2cnc3ccccc32)c1.O=[N+]([O-])c1ccc(F)c(Cn2cnc3ccccc32)c1. The standard InChI is InChI=1S/C14H10FN3O2.C14H12FN3/c15-12-6-5-11(18(19)20)7-10(12)8-17-9-16-13-3-1-2-4-14(13)17;15-12-6-5-11(16)7-10(12)8-18-9-17-13-3-1-2-4-14(13)18/h1-7,9H,8H2;1-7,9H,8,16H2. The normalized spacial score (nSPS) is 10.9. The summed E-state index contributed by atoms with van der Waals surface area (Å²) in [6.07, 6.45) is 3.32. The van der Waals surface area contributed by atoms with Crippen molar-refractivity contribution in [3.63, 3.8) is 0 Å². The van der Waals surface area contributed by atoms with Crippen molar-refractivity contribution >= 4 is 33.4 Å². The molecule has 0 amide bonds. The molecule has 0 aliphatic rings. The zero-order valence-corrected chi connectivity index (χ0v) is 20.0. The molecule has 8 nitrogen and oxygen atoms in total. The number of fused-ring (bicyclic) bond motifs is 2. The first-order valence-corrected chi connectivity index (χ1v) is 11.7. The first-order chi connectivity index (χ1) is 18.4. The van der Waals surface area contributed by atoms with E-state index in [1.807, 2.05) is 53.1 Å². The van der Waals surface area contributed by atoms with Gasteiger partial charge >= 0.3 is 0 Å². The van der Waals surface area contributed by atoms with Crippen LogP contribution in [-0.4, -0.2) is 24.0 Å². The second kappa shape index (κ2) is 10.5. The summed E-state index contributed by atoms with van der Waals surface area (Å²) in [6.45, 7) is 0.630. The average Bonchev–Trinajstić information content (AvgIpc) is 3.52. The summed E-state index contributed by atoms with van der Waals surface area (Å²) < 4.78 is 31.1. The molecule has 0 atom stereocenters. The molecule has 2 heterocycles. The Morgan fingerprint density at radius 1 is 0.737 bits per heavy atom. The van der Waals surface area contributed by atoms with Gasteiger partial charge in [-0.05, 0) is 48.5 Å². The summed E-state index contributed by atoms with van der Waals surface area (Å²) in [6, 6.07) is 23.4. The van der Waals surface area contributed by atoms with Gasteiger partial charge in [0.05, 0.1) is 52.7 Å². The molecule has 0 saturated heterocycles. The van der Waals surface area contributed by atoms with Crippen LogP contribution in [0.3, 0.4) is 0 Å². The largest absolute Gasteiger partial charge is 0.399 e. The molecule has 0 spiro atoms. The number of nitrogen functional groups attached to an aromatic ring is 1. The molecule has 0 fully saturated rings. The topological polar surface area (TPSA) is 105 Å². The van der Waals surface area contributed by atoms with E-state index in [9.17, 15) is 18.9 Å². The Bertz CT molecular complexity index is 1760. The van der Waals surface area contributed by atoms with E-state index in [4.69, 9.17) is 5.73 Å². The van der Waals surface area contributed by atoms with Crippen molar-refractivity contribution in [3.8, 4) is 0 Å². The quantitative estimate of drug-likeness (QED) is 0.175. The predicted octanol–water partition coefficient (Wildman–Crippen LogP) is 5.94. The van der Waals surface area contributed by atoms with Gasteiger partial charge in [0.25, 0.3) is 5.69 Å². The van der Waals surface area contributed by atoms with Crippen LogP contribution in [0.4, 0.5) is 20.2 Å². The van der Waals surface area contributed by atoms with E-state index < -0.39 is 10.7 Å². The van der Waals surface area contributed by atoms with Crippen molar-refractivity contribution in [1.29, 1.82) is 0 Å². The van der Waals surface area contributed by atoms with E-state index >= 15 is 0 Å². The number of aromatic nitrogens is 4. The Balaban J connectivity index is 0.000000156. The summed E-state index contributed by atoms with van der Waals surface area (Å²) in [5.74, 6) is -0.713. The molecule has 2 aromatic heterocycles. The number of imidazole rings is 2. The number of nitro benzene ring substituents is 1. The number of nitro groups is 1. The number of anilines is 1. The van der Waals surface area contributed by atoms with Crippen LogP contribution in [0.2, 0.25) is 0 Å². The van der Waals surface area contributed by atoms with Gasteiger partial charge < -0.3 is 14.9 Å². The minimum absolute atomic E-state index is 0.120. The minimum atomic E-state index is -0.533. The highest BCUT2D eigenvalue weighted by Gasteiger charge is 2.12. The lowest BCUT2D eigenvalue weighted by atomic mass is 10.2. The zero-order chi connectivity index (χ0) is 26.6. The van der Waals surface area contributed by atoms with Crippen molar-refractivity contribution in [2.45, 2.75) is 13.1 Å². The van der Waals surface area contributed by atoms with Gasteiger partial charge in [0.15, 0.2) is 0 Å². The van der Waals surface area contributed by atoms with Crippen LogP contribution < -0.4 is 5.73 Å². The third kappa shape index (κ3) is 5.19. The molecule has 0 saturated carbocycles. The van der Waals surface area contributed by atoms with Crippen molar-refractivity contribution < 1.29 is 13.7 Å². The number of rotatable bonds is 5. The molecular weight excluding hydrogens is 490 g/mol. The summed E-state index contributed by atoms with van der Waals surface area (Å²) >= 11 is 0. The molecule has 38 heavy (non-hydrogen) atoms. The fourth-order valence-corrected chi connectivity index (χ4v) is 4.15. The summed E-state index contributed by atoms with van der Waals surface area (Å²) in [4.78, 5) is 18.7. The van der Waals surface area contributed by atoms with E-state index in [2.05, 4.69) is 9.97 Å². The number of nitrogens with zero attached hydrogens (tertiary/aromatic N) is 5. The smallest absolute Gasteiger partial charge is 0.269 e. The summed E-state index contributed by atoms with van der Waals surface area (Å²) in [5, 5.41) is 10.7. The summed E-state index contributed by atoms with van der Waals surface area (Å²) in [7, 11) is 0. The van der Waals surface area contributed by atoms with Crippen LogP contribution in [-0.2, 0) is 13.1 Å². The Kier molecular flexibility index (Phi) is 6.77. The molecule has 0 aliphatic carbocycles. The number of nitrogens with two attached hydrogens (primary N) is 1. The lowest BCUT2D eigenvalue weighted by molar-refractivity contribution is -0.385. The lowest BCUT2D eigenvalue weighted by Crippen LogP contribution is -2.01. The first-order valence-electron chi connectivity index (χ1n) is 11.7. The van der Waals surface area contributed by atoms with Gasteiger partial charge in [-0.1, -0.05) is 24.3 Å². The number of hydrogen-bond donors (Lipinski definition) is 1. The monoisotopic (exact) mass is 512 g/mol. The number of non-ortho nitro benzene ring substituents is 1. The third-order valence-corrected chi connectivity index (χ3v) is 6.05. The molecule has 6 rings (SSSR count). The Morgan fingerprint density at radius 3 is 1.79 bits per heavy atom. The molecule has 4 aromatic carbocycles. The van der Waals surface area contributed by atoms with Gasteiger partial charge in [0.1, 0.15) is 11.6 Å². The van der Waals surface area contributed by atoms with Gasteiger partial charge in [-0.25, -0.2) is 18.7 Å². The third-order valence-electron chi connectivity index (χ3n) is 6.05. The maximum atomic E-state index is 13.8. The van der Waals surface area contributed by atoms with Gasteiger partial charge in [-0.2, -0.15) is 0 Å². The number of para-hydroxylation sites is 4. The first kappa shape index (κ1) is 24.6. The van der Waals surface area contributed by atoms with E-state index in [1.165, 1.54) is 12.1 Å². The van der Waals surface area contributed by atoms with Crippen molar-refractivity contribution in [1.82, 2.24) is 19.1 Å². The Morgan fingerprint density at radius 2 is 1.24 bits per heavy atom. The average molecular weight is 513 g/mol. The van der Waals surface area contributed by atoms with Crippen LogP contribution in [0, 0.1) is 21.7 Å². The second-order valence-corrected chi connectivity index (χ2v) is 8.61. The van der Waals surface area contributed by atoms with Crippen LogP contribution in [0.15, 0.2) is 97.6 Å². The van der Waals surface area contributed by atoms with Crippen LogP contribution in [0.25, 0.3) is 22.1 Å². The fourth-order valence-electron chi connectivity index (χ4n) is 4.15. The lowest BCUT2D eigenvalue weighted by Gasteiger charge is -2.06. The van der Waals surface area contributed by atoms with Crippen LogP contribution in [0.5, 0.6) is 0 Å². The molecule has 2 N–H and O–H groups in total. The molecule has 6 aromatic rings. The molecular formula is C28H22F2N6O2. The molecule has 10 heteroatoms.